The molecular formula is C10H11N4NaO5S3. The van der Waals surface area contributed by atoms with E-state index in [1.54, 1.807) is 6.92 Å². The Morgan fingerprint density at radius 3 is 2.74 bits per heavy atom. The van der Waals surface area contributed by atoms with Crippen molar-refractivity contribution in [3.8, 4) is 0 Å². The van der Waals surface area contributed by atoms with Crippen molar-refractivity contribution in [2.24, 2.45) is 0 Å². The minimum absolute atomic E-state index is 0. The van der Waals surface area contributed by atoms with Crippen molar-refractivity contribution in [1.29, 1.82) is 0 Å². The molecule has 2 fully saturated rings. The fourth-order valence-electron chi connectivity index (χ4n) is 2.63. The minimum atomic E-state index is -4.80. The first kappa shape index (κ1) is 19.1. The van der Waals surface area contributed by atoms with Crippen LogP contribution in [0.1, 0.15) is 11.4 Å². The molecule has 2 aliphatic heterocycles. The number of fused-ring (bicyclic) bond motifs is 1. The van der Waals surface area contributed by atoms with Gasteiger partial charge in [-0.15, -0.1) is 10.2 Å². The second-order valence-corrected chi connectivity index (χ2v) is 8.51. The largest absolute Gasteiger partial charge is 1.00 e. The van der Waals surface area contributed by atoms with Crippen molar-refractivity contribution in [1.82, 2.24) is 19.4 Å². The average molecular weight is 386 g/mol. The van der Waals surface area contributed by atoms with Gasteiger partial charge in [0, 0.05) is 6.54 Å². The summed E-state index contributed by atoms with van der Waals surface area (Å²) >= 11 is 2.59. The number of aromatic nitrogens is 2. The van der Waals surface area contributed by atoms with Crippen LogP contribution in [0.2, 0.25) is 0 Å². The minimum Gasteiger partial charge on any atom is -0.731 e. The third kappa shape index (κ3) is 3.57. The number of rotatable bonds is 4. The summed E-state index contributed by atoms with van der Waals surface area (Å²) in [5.41, 5.74) is 0. The summed E-state index contributed by atoms with van der Waals surface area (Å²) in [7, 11) is -4.80. The summed E-state index contributed by atoms with van der Waals surface area (Å²) in [6.07, 6.45) is 0.298. The second kappa shape index (κ2) is 6.94. The van der Waals surface area contributed by atoms with Gasteiger partial charge in [-0.1, -0.05) is 23.1 Å². The van der Waals surface area contributed by atoms with Crippen LogP contribution >= 0.6 is 23.1 Å². The molecule has 2 saturated heterocycles. The second-order valence-electron chi connectivity index (χ2n) is 4.86. The van der Waals surface area contributed by atoms with Crippen molar-refractivity contribution < 1.29 is 52.1 Å². The first-order valence-electron chi connectivity index (χ1n) is 6.30. The third-order valence-corrected chi connectivity index (χ3v) is 6.41. The molecule has 0 bridgehead atoms. The number of carbonyl (C=O) groups is 2. The number of likely N-dealkylation sites (tertiary alicyclic amines) is 1. The van der Waals surface area contributed by atoms with Crippen LogP contribution in [0.3, 0.4) is 0 Å². The monoisotopic (exact) mass is 386 g/mol. The van der Waals surface area contributed by atoms with Crippen molar-refractivity contribution in [2.75, 3.05) is 12.3 Å². The maximum Gasteiger partial charge on any atom is 1.00 e. The number of thioether (sulfide) groups is 1. The van der Waals surface area contributed by atoms with Crippen LogP contribution in [0, 0.1) is 6.92 Å². The molecule has 9 nitrogen and oxygen atoms in total. The van der Waals surface area contributed by atoms with Gasteiger partial charge in [0.15, 0.2) is 14.6 Å². The quantitative estimate of drug-likeness (QED) is 0.223. The Bertz CT molecular complexity index is 739. The fourth-order valence-corrected chi connectivity index (χ4v) is 5.21. The Morgan fingerprint density at radius 2 is 2.17 bits per heavy atom. The van der Waals surface area contributed by atoms with Crippen LogP contribution in [0.4, 0.5) is 0 Å². The molecule has 120 valence electrons. The van der Waals surface area contributed by atoms with Gasteiger partial charge in [0.2, 0.25) is 5.91 Å². The van der Waals surface area contributed by atoms with E-state index in [9.17, 15) is 22.6 Å². The SMILES string of the molecule is Cc1nnc(SCC(=O)N2CC[C@@H]3[C@H]2C(=O)N3S(=O)(=O)[O-])s1.[Na+]. The third-order valence-electron chi connectivity index (χ3n) is 3.53. The Morgan fingerprint density at radius 1 is 1.48 bits per heavy atom. The van der Waals surface area contributed by atoms with E-state index in [4.69, 9.17) is 0 Å². The Kier molecular flexibility index (Phi) is 5.76. The summed E-state index contributed by atoms with van der Waals surface area (Å²) in [6.45, 7) is 2.07. The zero-order valence-corrected chi connectivity index (χ0v) is 16.8. The molecule has 1 aromatic rings. The molecule has 13 heteroatoms. The van der Waals surface area contributed by atoms with Gasteiger partial charge >= 0.3 is 29.6 Å². The molecule has 23 heavy (non-hydrogen) atoms. The van der Waals surface area contributed by atoms with Gasteiger partial charge in [-0.25, -0.2) is 12.7 Å². The van der Waals surface area contributed by atoms with E-state index in [1.165, 1.54) is 28.0 Å². The van der Waals surface area contributed by atoms with E-state index in [2.05, 4.69) is 10.2 Å². The van der Waals surface area contributed by atoms with Crippen molar-refractivity contribution in [2.45, 2.75) is 29.8 Å². The molecule has 0 radical (unpaired) electrons. The van der Waals surface area contributed by atoms with Crippen LogP contribution in [-0.2, 0) is 19.9 Å². The normalized spacial score (nSPS) is 23.3. The molecule has 2 aliphatic rings. The summed E-state index contributed by atoms with van der Waals surface area (Å²) in [6, 6.07) is -1.54. The van der Waals surface area contributed by atoms with E-state index in [-0.39, 0.29) is 47.8 Å². The molecule has 0 unspecified atom stereocenters. The summed E-state index contributed by atoms with van der Waals surface area (Å²) < 4.78 is 34.0. The van der Waals surface area contributed by atoms with Crippen LogP contribution in [0.15, 0.2) is 4.34 Å². The average Bonchev–Trinajstić information content (AvgIpc) is 2.98. The van der Waals surface area contributed by atoms with Gasteiger partial charge in [-0.2, -0.15) is 0 Å². The molecular weight excluding hydrogens is 375 g/mol. The molecule has 3 rings (SSSR count). The number of nitrogens with zero attached hydrogens (tertiary/aromatic N) is 4. The van der Waals surface area contributed by atoms with Gasteiger partial charge in [0.05, 0.1) is 11.8 Å². The van der Waals surface area contributed by atoms with Gasteiger partial charge < -0.3 is 9.45 Å². The summed E-state index contributed by atoms with van der Waals surface area (Å²) in [5, 5.41) is 8.52. The Balaban J connectivity index is 0.00000192. The first-order valence-corrected chi connectivity index (χ1v) is 9.47. The summed E-state index contributed by atoms with van der Waals surface area (Å²) in [4.78, 5) is 25.3. The molecule has 0 aliphatic carbocycles. The maximum absolute atomic E-state index is 12.2. The zero-order valence-electron chi connectivity index (χ0n) is 12.3. The molecule has 0 N–H and O–H groups in total. The standard InChI is InChI=1S/C10H12N4O5S3.Na/c1-5-11-12-10(21-5)20-4-7(15)13-3-2-6-8(13)9(16)14(6)22(17,18)19;/h6,8H,2-4H2,1H3,(H,17,18,19);/q;+1/p-1/t6-,8+;/m1./s1. The fraction of sp³-hybridized carbons (Fsp3) is 0.600. The van der Waals surface area contributed by atoms with E-state index in [1.807, 2.05) is 0 Å². The van der Waals surface area contributed by atoms with Crippen LogP contribution in [0.5, 0.6) is 0 Å². The molecule has 3 heterocycles. The van der Waals surface area contributed by atoms with E-state index >= 15 is 0 Å². The predicted octanol–water partition coefficient (Wildman–Crippen LogP) is -3.79. The molecule has 0 spiro atoms. The van der Waals surface area contributed by atoms with Gasteiger partial charge in [-0.05, 0) is 13.3 Å². The van der Waals surface area contributed by atoms with Gasteiger partial charge in [0.1, 0.15) is 11.0 Å². The van der Waals surface area contributed by atoms with Crippen molar-refractivity contribution in [3.63, 3.8) is 0 Å². The maximum atomic E-state index is 12.2. The smallest absolute Gasteiger partial charge is 0.731 e. The Labute approximate surface area is 163 Å². The number of β-lactam (4-membered cyclic amide) rings is 1. The predicted molar refractivity (Wildman–Crippen MR) is 75.8 cm³/mol. The van der Waals surface area contributed by atoms with Crippen LogP contribution in [0.25, 0.3) is 0 Å². The van der Waals surface area contributed by atoms with Crippen LogP contribution in [-0.4, -0.2) is 68.6 Å². The van der Waals surface area contributed by atoms with Gasteiger partial charge in [0.25, 0.3) is 5.91 Å². The van der Waals surface area contributed by atoms with Crippen LogP contribution < -0.4 is 29.6 Å². The van der Waals surface area contributed by atoms with E-state index in [0.717, 1.165) is 5.01 Å². The summed E-state index contributed by atoms with van der Waals surface area (Å²) in [5.74, 6) is -1.00. The molecule has 1 aromatic heterocycles. The zero-order chi connectivity index (χ0) is 16.1. The number of hydrogen-bond donors (Lipinski definition) is 0. The van der Waals surface area contributed by atoms with E-state index < -0.39 is 28.3 Å². The molecule has 2 atom stereocenters. The molecule has 0 aromatic carbocycles. The van der Waals surface area contributed by atoms with Gasteiger partial charge in [-0.3, -0.25) is 9.59 Å². The number of hydrogen-bond acceptors (Lipinski definition) is 9. The Hall–Kier alpha value is -0.240. The first-order chi connectivity index (χ1) is 10.3. The molecule has 0 saturated carbocycles. The number of aryl methyl sites for hydroxylation is 1. The number of amides is 2. The van der Waals surface area contributed by atoms with E-state index in [0.29, 0.717) is 15.1 Å². The topological polar surface area (TPSA) is 124 Å². The number of carbonyl (C=O) groups excluding carboxylic acids is 2. The molecule has 2 amide bonds. The van der Waals surface area contributed by atoms with Crippen molar-refractivity contribution >= 4 is 45.2 Å². The van der Waals surface area contributed by atoms with Crippen molar-refractivity contribution in [3.05, 3.63) is 5.01 Å².